The monoisotopic (exact) mass is 344 g/mol. The number of carbonyl (C=O) groups is 2. The molecule has 0 radical (unpaired) electrons. The zero-order valence-electron chi connectivity index (χ0n) is 13.2. The van der Waals surface area contributed by atoms with Crippen LogP contribution in [0.5, 0.6) is 0 Å². The van der Waals surface area contributed by atoms with E-state index in [2.05, 4.69) is 0 Å². The molecule has 5 heteroatoms. The second-order valence-corrected chi connectivity index (χ2v) is 6.43. The van der Waals surface area contributed by atoms with E-state index in [9.17, 15) is 14.0 Å². The first-order valence-electron chi connectivity index (χ1n) is 7.80. The standard InChI is InChI=1S/C19H17FO3S/c1-2-23-19(22)18-15(14-5-3-4-6-16(14)20)9-13(10-17(18)21)12-7-8-24-11-12/h3-8,10-11,15,18H,2,9H2,1H3. The maximum absolute atomic E-state index is 14.3. The number of hydrogen-bond donors (Lipinski definition) is 0. The van der Waals surface area contributed by atoms with E-state index in [0.717, 1.165) is 11.1 Å². The summed E-state index contributed by atoms with van der Waals surface area (Å²) in [6, 6.07) is 8.22. The summed E-state index contributed by atoms with van der Waals surface area (Å²) in [6.07, 6.45) is 1.92. The number of halogens is 1. The summed E-state index contributed by atoms with van der Waals surface area (Å²) in [4.78, 5) is 24.9. The van der Waals surface area contributed by atoms with E-state index < -0.39 is 23.6 Å². The SMILES string of the molecule is CCOC(=O)C1C(=O)C=C(c2ccsc2)CC1c1ccccc1F. The molecule has 0 saturated heterocycles. The molecular formula is C19H17FO3S. The van der Waals surface area contributed by atoms with E-state index in [4.69, 9.17) is 4.74 Å². The Balaban J connectivity index is 2.04. The second kappa shape index (κ2) is 7.09. The maximum Gasteiger partial charge on any atom is 0.317 e. The van der Waals surface area contributed by atoms with Crippen LogP contribution in [0.25, 0.3) is 5.57 Å². The predicted octanol–water partition coefficient (Wildman–Crippen LogP) is 4.21. The third kappa shape index (κ3) is 3.17. The zero-order chi connectivity index (χ0) is 17.1. The number of rotatable bonds is 4. The van der Waals surface area contributed by atoms with Gasteiger partial charge in [0.1, 0.15) is 11.7 Å². The largest absolute Gasteiger partial charge is 0.465 e. The summed E-state index contributed by atoms with van der Waals surface area (Å²) in [5, 5.41) is 3.87. The molecule has 3 nitrogen and oxygen atoms in total. The first-order valence-corrected chi connectivity index (χ1v) is 8.74. The van der Waals surface area contributed by atoms with Gasteiger partial charge in [0.25, 0.3) is 0 Å². The van der Waals surface area contributed by atoms with Gasteiger partial charge in [-0.3, -0.25) is 9.59 Å². The Morgan fingerprint density at radius 1 is 1.33 bits per heavy atom. The normalized spacial score (nSPS) is 20.6. The molecule has 1 heterocycles. The average molecular weight is 344 g/mol. The summed E-state index contributed by atoms with van der Waals surface area (Å²) in [5.41, 5.74) is 2.15. The first-order chi connectivity index (χ1) is 11.6. The van der Waals surface area contributed by atoms with E-state index in [1.54, 1.807) is 25.1 Å². The Labute approximate surface area is 143 Å². The van der Waals surface area contributed by atoms with Crippen molar-refractivity contribution in [2.75, 3.05) is 6.61 Å². The van der Waals surface area contributed by atoms with E-state index in [0.29, 0.717) is 12.0 Å². The van der Waals surface area contributed by atoms with Gasteiger partial charge in [0, 0.05) is 5.92 Å². The number of ketones is 1. The van der Waals surface area contributed by atoms with Gasteiger partial charge in [0.05, 0.1) is 6.61 Å². The van der Waals surface area contributed by atoms with Gasteiger partial charge in [-0.2, -0.15) is 11.3 Å². The van der Waals surface area contributed by atoms with Crippen molar-refractivity contribution < 1.29 is 18.7 Å². The molecule has 2 unspecified atom stereocenters. The Hall–Kier alpha value is -2.27. The number of carbonyl (C=O) groups excluding carboxylic acids is 2. The van der Waals surface area contributed by atoms with Crippen molar-refractivity contribution in [3.05, 3.63) is 64.1 Å². The minimum atomic E-state index is -0.996. The Morgan fingerprint density at radius 3 is 2.79 bits per heavy atom. The van der Waals surface area contributed by atoms with Crippen LogP contribution in [0.1, 0.15) is 30.4 Å². The van der Waals surface area contributed by atoms with Gasteiger partial charge in [0.2, 0.25) is 0 Å². The molecule has 124 valence electrons. The van der Waals surface area contributed by atoms with Crippen molar-refractivity contribution in [2.24, 2.45) is 5.92 Å². The fourth-order valence-electron chi connectivity index (χ4n) is 3.10. The van der Waals surface area contributed by atoms with Gasteiger partial charge in [-0.05, 0) is 59.0 Å². The fourth-order valence-corrected chi connectivity index (χ4v) is 3.78. The molecule has 0 saturated carbocycles. The molecule has 0 N–H and O–H groups in total. The molecule has 0 amide bonds. The van der Waals surface area contributed by atoms with Gasteiger partial charge < -0.3 is 4.74 Å². The summed E-state index contributed by atoms with van der Waals surface area (Å²) in [6.45, 7) is 1.88. The van der Waals surface area contributed by atoms with Crippen molar-refractivity contribution in [2.45, 2.75) is 19.3 Å². The van der Waals surface area contributed by atoms with Gasteiger partial charge in [-0.1, -0.05) is 18.2 Å². The van der Waals surface area contributed by atoms with Crippen molar-refractivity contribution in [1.29, 1.82) is 0 Å². The summed E-state index contributed by atoms with van der Waals surface area (Å²) < 4.78 is 19.4. The predicted molar refractivity (Wildman–Crippen MR) is 91.2 cm³/mol. The fraction of sp³-hybridized carbons (Fsp3) is 0.263. The van der Waals surface area contributed by atoms with Gasteiger partial charge in [0.15, 0.2) is 5.78 Å². The van der Waals surface area contributed by atoms with Crippen LogP contribution in [0, 0.1) is 11.7 Å². The lowest BCUT2D eigenvalue weighted by molar-refractivity contribution is -0.151. The summed E-state index contributed by atoms with van der Waals surface area (Å²) in [5.74, 6) is -2.87. The third-order valence-corrected chi connectivity index (χ3v) is 4.89. The highest BCUT2D eigenvalue weighted by Crippen LogP contribution is 2.41. The lowest BCUT2D eigenvalue weighted by atomic mass is 9.74. The van der Waals surface area contributed by atoms with Crippen LogP contribution in [0.4, 0.5) is 4.39 Å². The van der Waals surface area contributed by atoms with Crippen LogP contribution < -0.4 is 0 Å². The van der Waals surface area contributed by atoms with E-state index in [-0.39, 0.29) is 12.4 Å². The molecule has 0 aliphatic heterocycles. The van der Waals surface area contributed by atoms with Crippen molar-refractivity contribution in [3.63, 3.8) is 0 Å². The second-order valence-electron chi connectivity index (χ2n) is 5.65. The zero-order valence-corrected chi connectivity index (χ0v) is 14.0. The Bertz CT molecular complexity index is 780. The van der Waals surface area contributed by atoms with Crippen LogP contribution in [0.2, 0.25) is 0 Å². The molecule has 3 rings (SSSR count). The Kier molecular flexibility index (Phi) is 4.90. The molecule has 1 aromatic carbocycles. The molecule has 0 bridgehead atoms. The van der Waals surface area contributed by atoms with Crippen LogP contribution in [-0.4, -0.2) is 18.4 Å². The van der Waals surface area contributed by atoms with Crippen LogP contribution in [0.15, 0.2) is 47.2 Å². The molecule has 2 atom stereocenters. The molecule has 1 aliphatic rings. The molecule has 0 fully saturated rings. The van der Waals surface area contributed by atoms with Crippen LogP contribution >= 0.6 is 11.3 Å². The quantitative estimate of drug-likeness (QED) is 0.616. The number of thiophene rings is 1. The van der Waals surface area contributed by atoms with Crippen LogP contribution in [0.3, 0.4) is 0 Å². The first kappa shape index (κ1) is 16.6. The van der Waals surface area contributed by atoms with E-state index >= 15 is 0 Å². The Morgan fingerprint density at radius 2 is 2.12 bits per heavy atom. The van der Waals surface area contributed by atoms with Crippen molar-refractivity contribution >= 4 is 28.7 Å². The van der Waals surface area contributed by atoms with Gasteiger partial charge in [-0.25, -0.2) is 4.39 Å². The number of hydrogen-bond acceptors (Lipinski definition) is 4. The van der Waals surface area contributed by atoms with Crippen molar-refractivity contribution in [3.8, 4) is 0 Å². The highest BCUT2D eigenvalue weighted by atomic mass is 32.1. The number of benzene rings is 1. The topological polar surface area (TPSA) is 43.4 Å². The van der Waals surface area contributed by atoms with Crippen LogP contribution in [-0.2, 0) is 14.3 Å². The highest BCUT2D eigenvalue weighted by molar-refractivity contribution is 7.08. The smallest absolute Gasteiger partial charge is 0.317 e. The van der Waals surface area contributed by atoms with Gasteiger partial charge >= 0.3 is 5.97 Å². The minimum Gasteiger partial charge on any atom is -0.465 e. The molecular weight excluding hydrogens is 327 g/mol. The van der Waals surface area contributed by atoms with E-state index in [1.165, 1.54) is 23.5 Å². The van der Waals surface area contributed by atoms with Crippen molar-refractivity contribution in [1.82, 2.24) is 0 Å². The lowest BCUT2D eigenvalue weighted by Gasteiger charge is -2.29. The molecule has 1 aliphatic carbocycles. The number of allylic oxidation sites excluding steroid dienone is 2. The summed E-state index contributed by atoms with van der Waals surface area (Å²) >= 11 is 1.53. The molecule has 2 aromatic rings. The average Bonchev–Trinajstić information content (AvgIpc) is 3.09. The molecule has 0 spiro atoms. The minimum absolute atomic E-state index is 0.188. The molecule has 1 aromatic heterocycles. The van der Waals surface area contributed by atoms with E-state index in [1.807, 2.05) is 16.8 Å². The molecule has 24 heavy (non-hydrogen) atoms. The number of ether oxygens (including phenoxy) is 1. The highest BCUT2D eigenvalue weighted by Gasteiger charge is 2.40. The lowest BCUT2D eigenvalue weighted by Crippen LogP contribution is -2.34. The third-order valence-electron chi connectivity index (χ3n) is 4.20. The maximum atomic E-state index is 14.3. The van der Waals surface area contributed by atoms with Gasteiger partial charge in [-0.15, -0.1) is 0 Å². The number of esters is 1. The summed E-state index contributed by atoms with van der Waals surface area (Å²) in [7, 11) is 0.